The largest absolute Gasteiger partial charge is 0.384 e. The molecule has 4 heteroatoms. The standard InChI is InChI=1S/C21H32N2OS/c1-17(2)13-22-8-5-19(6-9-22)20-7-10-23(14-20)15-21-12-18(16-25-21)4-3-11-24/h12,16-17,19-20,24H,5-11,13-15H2,1-2H3/t20-/m0/s1. The molecule has 3 rings (SSSR count). The molecule has 3 heterocycles. The number of aliphatic hydroxyl groups is 1. The van der Waals surface area contributed by atoms with E-state index in [2.05, 4.69) is 46.9 Å². The van der Waals surface area contributed by atoms with Crippen molar-refractivity contribution >= 4 is 11.3 Å². The van der Waals surface area contributed by atoms with Gasteiger partial charge in [-0.3, -0.25) is 4.90 Å². The highest BCUT2D eigenvalue weighted by molar-refractivity contribution is 7.10. The Morgan fingerprint density at radius 3 is 2.60 bits per heavy atom. The molecule has 138 valence electrons. The number of thiophene rings is 1. The van der Waals surface area contributed by atoms with Crippen molar-refractivity contribution in [3.63, 3.8) is 0 Å². The molecule has 2 saturated heterocycles. The van der Waals surface area contributed by atoms with E-state index in [1.54, 1.807) is 11.3 Å². The normalized spacial score (nSPS) is 23.1. The van der Waals surface area contributed by atoms with Gasteiger partial charge in [-0.25, -0.2) is 0 Å². The third kappa shape index (κ3) is 5.56. The molecule has 0 aromatic carbocycles. The minimum atomic E-state index is -0.0605. The van der Waals surface area contributed by atoms with Gasteiger partial charge < -0.3 is 10.0 Å². The van der Waals surface area contributed by atoms with Crippen LogP contribution in [-0.2, 0) is 6.54 Å². The minimum absolute atomic E-state index is 0.0605. The maximum absolute atomic E-state index is 8.79. The Morgan fingerprint density at radius 2 is 1.88 bits per heavy atom. The van der Waals surface area contributed by atoms with E-state index in [0.717, 1.165) is 29.9 Å². The fourth-order valence-corrected chi connectivity index (χ4v) is 5.26. The molecule has 0 spiro atoms. The van der Waals surface area contributed by atoms with Gasteiger partial charge in [0.1, 0.15) is 6.61 Å². The molecule has 25 heavy (non-hydrogen) atoms. The average molecular weight is 361 g/mol. The van der Waals surface area contributed by atoms with Crippen LogP contribution in [0.5, 0.6) is 0 Å². The van der Waals surface area contributed by atoms with E-state index < -0.39 is 0 Å². The third-order valence-electron chi connectivity index (χ3n) is 5.58. The molecule has 0 amide bonds. The van der Waals surface area contributed by atoms with Crippen molar-refractivity contribution in [3.8, 4) is 11.8 Å². The van der Waals surface area contributed by atoms with Crippen LogP contribution < -0.4 is 0 Å². The molecular weight excluding hydrogens is 328 g/mol. The second kappa shape index (κ2) is 9.19. The van der Waals surface area contributed by atoms with Crippen LogP contribution in [0.4, 0.5) is 0 Å². The van der Waals surface area contributed by atoms with Crippen molar-refractivity contribution in [1.29, 1.82) is 0 Å². The molecule has 2 aliphatic heterocycles. The summed E-state index contributed by atoms with van der Waals surface area (Å²) in [5.41, 5.74) is 1.04. The molecule has 0 saturated carbocycles. The van der Waals surface area contributed by atoms with E-state index in [0.29, 0.717) is 0 Å². The van der Waals surface area contributed by atoms with Crippen molar-refractivity contribution in [1.82, 2.24) is 9.80 Å². The number of hydrogen-bond donors (Lipinski definition) is 1. The molecule has 1 aromatic heterocycles. The van der Waals surface area contributed by atoms with Crippen LogP contribution >= 0.6 is 11.3 Å². The highest BCUT2D eigenvalue weighted by Crippen LogP contribution is 2.33. The van der Waals surface area contributed by atoms with Crippen LogP contribution in [0.1, 0.15) is 43.6 Å². The van der Waals surface area contributed by atoms with Crippen LogP contribution in [-0.4, -0.2) is 54.2 Å². The van der Waals surface area contributed by atoms with Gasteiger partial charge in [0.05, 0.1) is 0 Å². The van der Waals surface area contributed by atoms with Gasteiger partial charge in [0.2, 0.25) is 0 Å². The van der Waals surface area contributed by atoms with Crippen LogP contribution in [0, 0.1) is 29.6 Å². The Balaban J connectivity index is 1.44. The lowest BCUT2D eigenvalue weighted by molar-refractivity contribution is 0.135. The molecule has 3 nitrogen and oxygen atoms in total. The fourth-order valence-electron chi connectivity index (χ4n) is 4.41. The number of piperidine rings is 1. The van der Waals surface area contributed by atoms with Gasteiger partial charge in [0, 0.05) is 35.5 Å². The first-order valence-electron chi connectivity index (χ1n) is 9.76. The van der Waals surface area contributed by atoms with E-state index in [-0.39, 0.29) is 6.61 Å². The van der Waals surface area contributed by atoms with E-state index in [4.69, 9.17) is 5.11 Å². The van der Waals surface area contributed by atoms with Crippen LogP contribution in [0.3, 0.4) is 0 Å². The van der Waals surface area contributed by atoms with Gasteiger partial charge in [-0.1, -0.05) is 25.7 Å². The maximum Gasteiger partial charge on any atom is 0.104 e. The van der Waals surface area contributed by atoms with Crippen molar-refractivity contribution < 1.29 is 5.11 Å². The van der Waals surface area contributed by atoms with Crippen molar-refractivity contribution in [2.45, 2.75) is 39.7 Å². The van der Waals surface area contributed by atoms with Gasteiger partial charge in [-0.05, 0) is 62.7 Å². The smallest absolute Gasteiger partial charge is 0.104 e. The van der Waals surface area contributed by atoms with Crippen molar-refractivity contribution in [2.24, 2.45) is 17.8 Å². The van der Waals surface area contributed by atoms with Gasteiger partial charge >= 0.3 is 0 Å². The first-order valence-corrected chi connectivity index (χ1v) is 10.6. The highest BCUT2D eigenvalue weighted by Gasteiger charge is 2.31. The quantitative estimate of drug-likeness (QED) is 0.817. The number of nitrogens with zero attached hydrogens (tertiary/aromatic N) is 2. The summed E-state index contributed by atoms with van der Waals surface area (Å²) in [6.45, 7) is 12.0. The first kappa shape index (κ1) is 18.9. The molecule has 2 fully saturated rings. The van der Waals surface area contributed by atoms with Crippen molar-refractivity contribution in [2.75, 3.05) is 39.3 Å². The number of aliphatic hydroxyl groups excluding tert-OH is 1. The molecule has 2 aliphatic rings. The summed E-state index contributed by atoms with van der Waals surface area (Å²) in [5, 5.41) is 10.9. The Kier molecular flexibility index (Phi) is 6.95. The summed E-state index contributed by atoms with van der Waals surface area (Å²) in [7, 11) is 0. The molecule has 1 aromatic rings. The SMILES string of the molecule is CC(C)CN1CCC([C@H]2CCN(Cc3cc(C#CCO)cs3)C2)CC1. The molecule has 1 atom stereocenters. The van der Waals surface area contributed by atoms with E-state index in [1.807, 2.05) is 0 Å². The van der Waals surface area contributed by atoms with Gasteiger partial charge in [-0.15, -0.1) is 11.3 Å². The molecule has 0 bridgehead atoms. The fraction of sp³-hybridized carbons (Fsp3) is 0.714. The Bertz CT molecular complexity index is 593. The van der Waals surface area contributed by atoms with E-state index >= 15 is 0 Å². The Morgan fingerprint density at radius 1 is 1.16 bits per heavy atom. The first-order chi connectivity index (χ1) is 12.1. The molecule has 1 N–H and O–H groups in total. The monoisotopic (exact) mass is 360 g/mol. The molecule has 0 radical (unpaired) electrons. The zero-order valence-electron chi connectivity index (χ0n) is 15.7. The summed E-state index contributed by atoms with van der Waals surface area (Å²) in [4.78, 5) is 6.68. The Labute approximate surface area is 157 Å². The van der Waals surface area contributed by atoms with Crippen LogP contribution in [0.15, 0.2) is 11.4 Å². The summed E-state index contributed by atoms with van der Waals surface area (Å²) >= 11 is 1.80. The number of hydrogen-bond acceptors (Lipinski definition) is 4. The summed E-state index contributed by atoms with van der Waals surface area (Å²) < 4.78 is 0. The minimum Gasteiger partial charge on any atom is -0.384 e. The zero-order valence-corrected chi connectivity index (χ0v) is 16.5. The third-order valence-corrected chi connectivity index (χ3v) is 6.50. The molecular formula is C21H32N2OS. The Hall–Kier alpha value is -0.860. The average Bonchev–Trinajstić information content (AvgIpc) is 3.23. The lowest BCUT2D eigenvalue weighted by atomic mass is 9.83. The van der Waals surface area contributed by atoms with E-state index in [1.165, 1.54) is 56.9 Å². The van der Waals surface area contributed by atoms with Crippen molar-refractivity contribution in [3.05, 3.63) is 21.9 Å². The highest BCUT2D eigenvalue weighted by atomic mass is 32.1. The van der Waals surface area contributed by atoms with Gasteiger partial charge in [0.15, 0.2) is 0 Å². The number of rotatable bonds is 5. The molecule has 0 unspecified atom stereocenters. The predicted octanol–water partition coefficient (Wildman–Crippen LogP) is 3.28. The lowest BCUT2D eigenvalue weighted by Crippen LogP contribution is -2.38. The van der Waals surface area contributed by atoms with Crippen LogP contribution in [0.25, 0.3) is 0 Å². The summed E-state index contributed by atoms with van der Waals surface area (Å²) in [6, 6.07) is 2.19. The second-order valence-corrected chi connectivity index (χ2v) is 9.07. The topological polar surface area (TPSA) is 26.7 Å². The molecule has 0 aliphatic carbocycles. The maximum atomic E-state index is 8.79. The zero-order chi connectivity index (χ0) is 17.6. The lowest BCUT2D eigenvalue weighted by Gasteiger charge is -2.35. The predicted molar refractivity (Wildman–Crippen MR) is 106 cm³/mol. The van der Waals surface area contributed by atoms with Gasteiger partial charge in [-0.2, -0.15) is 0 Å². The second-order valence-electron chi connectivity index (χ2n) is 8.08. The number of likely N-dealkylation sites (tertiary alicyclic amines) is 2. The summed E-state index contributed by atoms with van der Waals surface area (Å²) in [5.74, 6) is 8.36. The summed E-state index contributed by atoms with van der Waals surface area (Å²) in [6.07, 6.45) is 4.16. The van der Waals surface area contributed by atoms with Crippen LogP contribution in [0.2, 0.25) is 0 Å². The van der Waals surface area contributed by atoms with Gasteiger partial charge in [0.25, 0.3) is 0 Å². The van der Waals surface area contributed by atoms with E-state index in [9.17, 15) is 0 Å².